The van der Waals surface area contributed by atoms with Crippen molar-refractivity contribution in [1.82, 2.24) is 5.32 Å². The molecule has 0 fully saturated rings. The number of hydrogen-bond acceptors (Lipinski definition) is 4. The summed E-state index contributed by atoms with van der Waals surface area (Å²) in [6, 6.07) is 12.5. The minimum Gasteiger partial charge on any atom is -0.454 e. The van der Waals surface area contributed by atoms with Crippen molar-refractivity contribution in [2.75, 3.05) is 6.79 Å². The van der Waals surface area contributed by atoms with E-state index >= 15 is 0 Å². The van der Waals surface area contributed by atoms with E-state index < -0.39 is 11.8 Å². The molecule has 6 nitrogen and oxygen atoms in total. The highest BCUT2D eigenvalue weighted by Crippen LogP contribution is 2.33. The van der Waals surface area contributed by atoms with Crippen LogP contribution in [-0.2, 0) is 10.2 Å². The molecule has 0 aromatic heterocycles. The summed E-state index contributed by atoms with van der Waals surface area (Å²) in [6.07, 6.45) is 1.51. The van der Waals surface area contributed by atoms with Crippen molar-refractivity contribution in [3.05, 3.63) is 64.9 Å². The van der Waals surface area contributed by atoms with Crippen molar-refractivity contribution in [2.24, 2.45) is 5.73 Å². The molecule has 3 rings (SSSR count). The van der Waals surface area contributed by atoms with E-state index in [-0.39, 0.29) is 17.9 Å². The molecule has 0 bridgehead atoms. The van der Waals surface area contributed by atoms with Gasteiger partial charge in [-0.2, -0.15) is 0 Å². The van der Waals surface area contributed by atoms with E-state index in [2.05, 4.69) is 26.1 Å². The molecular weight excluding hydrogens is 344 g/mol. The lowest BCUT2D eigenvalue weighted by atomic mass is 9.87. The minimum atomic E-state index is -0.729. The number of benzene rings is 2. The summed E-state index contributed by atoms with van der Waals surface area (Å²) in [4.78, 5) is 24.3. The standard InChI is InChI=1S/C21H22N2O4/c1-21(2,3)15-7-5-14(6-8-15)20(25)23-16(19(22)24)10-13-4-9-17-18(11-13)27-12-26-17/h4-11H,12H2,1-3H3,(H2,22,24)(H,23,25). The Morgan fingerprint density at radius 1 is 1.04 bits per heavy atom. The van der Waals surface area contributed by atoms with Gasteiger partial charge in [0, 0.05) is 5.56 Å². The largest absolute Gasteiger partial charge is 0.454 e. The molecule has 140 valence electrons. The number of rotatable bonds is 4. The fourth-order valence-electron chi connectivity index (χ4n) is 2.65. The van der Waals surface area contributed by atoms with Crippen molar-refractivity contribution in [3.8, 4) is 11.5 Å². The van der Waals surface area contributed by atoms with E-state index in [1.165, 1.54) is 6.08 Å². The van der Waals surface area contributed by atoms with Gasteiger partial charge in [-0.3, -0.25) is 9.59 Å². The van der Waals surface area contributed by atoms with E-state index in [9.17, 15) is 9.59 Å². The molecule has 2 amide bonds. The number of primary amides is 1. The molecular formula is C21H22N2O4. The van der Waals surface area contributed by atoms with Gasteiger partial charge in [0.2, 0.25) is 6.79 Å². The maximum Gasteiger partial charge on any atom is 0.265 e. The second kappa shape index (κ2) is 7.15. The molecule has 1 aliphatic heterocycles. The van der Waals surface area contributed by atoms with E-state index in [4.69, 9.17) is 15.2 Å². The van der Waals surface area contributed by atoms with Gasteiger partial charge in [-0.05, 0) is 46.9 Å². The number of amides is 2. The third-order valence-electron chi connectivity index (χ3n) is 4.23. The predicted octanol–water partition coefficient (Wildman–Crippen LogP) is 2.97. The van der Waals surface area contributed by atoms with E-state index in [1.807, 2.05) is 12.1 Å². The van der Waals surface area contributed by atoms with Crippen molar-refractivity contribution in [2.45, 2.75) is 26.2 Å². The van der Waals surface area contributed by atoms with Crippen molar-refractivity contribution in [1.29, 1.82) is 0 Å². The van der Waals surface area contributed by atoms with Gasteiger partial charge in [0.25, 0.3) is 11.8 Å². The molecule has 1 aliphatic rings. The first kappa shape index (κ1) is 18.5. The molecule has 2 aromatic carbocycles. The first-order valence-corrected chi connectivity index (χ1v) is 8.57. The highest BCUT2D eigenvalue weighted by Gasteiger charge is 2.17. The average molecular weight is 366 g/mol. The summed E-state index contributed by atoms with van der Waals surface area (Å²) < 4.78 is 10.6. The van der Waals surface area contributed by atoms with Crippen LogP contribution < -0.4 is 20.5 Å². The van der Waals surface area contributed by atoms with E-state index in [0.29, 0.717) is 22.6 Å². The van der Waals surface area contributed by atoms with Crippen LogP contribution in [0.15, 0.2) is 48.2 Å². The number of ether oxygens (including phenoxy) is 2. The molecule has 0 atom stereocenters. The third-order valence-corrected chi connectivity index (χ3v) is 4.23. The lowest BCUT2D eigenvalue weighted by molar-refractivity contribution is -0.114. The SMILES string of the molecule is CC(C)(C)c1ccc(C(=O)NC(=Cc2ccc3c(c2)OCO3)C(N)=O)cc1. The van der Waals surface area contributed by atoms with Crippen molar-refractivity contribution in [3.63, 3.8) is 0 Å². The second-order valence-electron chi connectivity index (χ2n) is 7.32. The molecule has 0 aliphatic carbocycles. The molecule has 0 saturated carbocycles. The van der Waals surface area contributed by atoms with Crippen LogP contribution in [0.1, 0.15) is 42.3 Å². The van der Waals surface area contributed by atoms with Crippen LogP contribution in [0.25, 0.3) is 6.08 Å². The Labute approximate surface area is 158 Å². The Morgan fingerprint density at radius 3 is 2.33 bits per heavy atom. The van der Waals surface area contributed by atoms with Crippen LogP contribution in [-0.4, -0.2) is 18.6 Å². The number of fused-ring (bicyclic) bond motifs is 1. The summed E-state index contributed by atoms with van der Waals surface area (Å²) in [5, 5.41) is 2.58. The molecule has 0 saturated heterocycles. The van der Waals surface area contributed by atoms with Crippen molar-refractivity contribution < 1.29 is 19.1 Å². The number of hydrogen-bond donors (Lipinski definition) is 2. The summed E-state index contributed by atoms with van der Waals surface area (Å²) in [6.45, 7) is 6.45. The summed E-state index contributed by atoms with van der Waals surface area (Å²) in [5.74, 6) is 0.0843. The molecule has 0 unspecified atom stereocenters. The van der Waals surface area contributed by atoms with Gasteiger partial charge in [-0.25, -0.2) is 0 Å². The monoisotopic (exact) mass is 366 g/mol. The zero-order chi connectivity index (χ0) is 19.6. The summed E-state index contributed by atoms with van der Waals surface area (Å²) >= 11 is 0. The summed E-state index contributed by atoms with van der Waals surface area (Å²) in [5.41, 5.74) is 7.64. The number of nitrogens with two attached hydrogens (primary N) is 1. The number of carbonyl (C=O) groups excluding carboxylic acids is 2. The van der Waals surface area contributed by atoms with Crippen LogP contribution in [0.2, 0.25) is 0 Å². The Bertz CT molecular complexity index is 909. The Kier molecular flexibility index (Phi) is 4.90. The first-order chi connectivity index (χ1) is 12.7. The molecule has 0 radical (unpaired) electrons. The average Bonchev–Trinajstić information content (AvgIpc) is 3.08. The molecule has 1 heterocycles. The zero-order valence-electron chi connectivity index (χ0n) is 15.5. The third kappa shape index (κ3) is 4.28. The smallest absolute Gasteiger partial charge is 0.265 e. The first-order valence-electron chi connectivity index (χ1n) is 8.57. The number of carbonyl (C=O) groups is 2. The van der Waals surface area contributed by atoms with Gasteiger partial charge in [0.15, 0.2) is 11.5 Å². The van der Waals surface area contributed by atoms with Gasteiger partial charge >= 0.3 is 0 Å². The van der Waals surface area contributed by atoms with Gasteiger partial charge in [0.1, 0.15) is 5.70 Å². The van der Waals surface area contributed by atoms with Gasteiger partial charge in [-0.1, -0.05) is 39.0 Å². The minimum absolute atomic E-state index is 0.00115. The Morgan fingerprint density at radius 2 is 1.70 bits per heavy atom. The van der Waals surface area contributed by atoms with Gasteiger partial charge < -0.3 is 20.5 Å². The zero-order valence-corrected chi connectivity index (χ0v) is 15.5. The topological polar surface area (TPSA) is 90.7 Å². The van der Waals surface area contributed by atoms with Gasteiger partial charge in [0.05, 0.1) is 0 Å². The fourth-order valence-corrected chi connectivity index (χ4v) is 2.65. The molecule has 27 heavy (non-hydrogen) atoms. The molecule has 2 aromatic rings. The fraction of sp³-hybridized carbons (Fsp3) is 0.238. The predicted molar refractivity (Wildman–Crippen MR) is 102 cm³/mol. The maximum atomic E-state index is 12.5. The Hall–Kier alpha value is -3.28. The van der Waals surface area contributed by atoms with Crippen LogP contribution >= 0.6 is 0 Å². The second-order valence-corrected chi connectivity index (χ2v) is 7.32. The number of nitrogens with one attached hydrogen (secondary N) is 1. The Balaban J connectivity index is 1.80. The highest BCUT2D eigenvalue weighted by atomic mass is 16.7. The van der Waals surface area contributed by atoms with Gasteiger partial charge in [-0.15, -0.1) is 0 Å². The highest BCUT2D eigenvalue weighted by molar-refractivity contribution is 6.04. The normalized spacial score (nSPS) is 13.4. The van der Waals surface area contributed by atoms with Crippen LogP contribution in [0.4, 0.5) is 0 Å². The summed E-state index contributed by atoms with van der Waals surface area (Å²) in [7, 11) is 0. The molecule has 6 heteroatoms. The maximum absolute atomic E-state index is 12.5. The lowest BCUT2D eigenvalue weighted by Gasteiger charge is -2.19. The van der Waals surface area contributed by atoms with E-state index in [1.54, 1.807) is 30.3 Å². The molecule has 3 N–H and O–H groups in total. The van der Waals surface area contributed by atoms with Crippen molar-refractivity contribution >= 4 is 17.9 Å². The van der Waals surface area contributed by atoms with E-state index in [0.717, 1.165) is 5.56 Å². The van der Waals surface area contributed by atoms with Crippen LogP contribution in [0, 0.1) is 0 Å². The quantitative estimate of drug-likeness (QED) is 0.814. The molecule has 0 spiro atoms. The van der Waals surface area contributed by atoms with Crippen LogP contribution in [0.5, 0.6) is 11.5 Å². The lowest BCUT2D eigenvalue weighted by Crippen LogP contribution is -2.31. The van der Waals surface area contributed by atoms with Crippen LogP contribution in [0.3, 0.4) is 0 Å².